The Morgan fingerprint density at radius 2 is 1.95 bits per heavy atom. The van der Waals surface area contributed by atoms with Crippen LogP contribution in [0.3, 0.4) is 0 Å². The Balaban J connectivity index is 1.46. The van der Waals surface area contributed by atoms with Crippen LogP contribution in [-0.2, 0) is 22.7 Å². The lowest BCUT2D eigenvalue weighted by molar-refractivity contribution is 0.0135. The van der Waals surface area contributed by atoms with E-state index in [1.807, 2.05) is 6.07 Å². The zero-order valence-corrected chi connectivity index (χ0v) is 13.4. The molecule has 4 nitrogen and oxygen atoms in total. The van der Waals surface area contributed by atoms with Gasteiger partial charge >= 0.3 is 0 Å². The van der Waals surface area contributed by atoms with Gasteiger partial charge < -0.3 is 9.84 Å². The van der Waals surface area contributed by atoms with Crippen molar-refractivity contribution in [2.45, 2.75) is 61.0 Å². The minimum atomic E-state index is -2.97. The number of rotatable bonds is 3. The van der Waals surface area contributed by atoms with Crippen molar-refractivity contribution in [2.24, 2.45) is 0 Å². The van der Waals surface area contributed by atoms with Crippen molar-refractivity contribution in [3.8, 4) is 5.75 Å². The van der Waals surface area contributed by atoms with Gasteiger partial charge in [-0.1, -0.05) is 12.1 Å². The third-order valence-corrected chi connectivity index (χ3v) is 8.25. The maximum absolute atomic E-state index is 12.1. The first-order chi connectivity index (χ1) is 10.5. The number of hydrogen-bond acceptors (Lipinski definition) is 4. The summed E-state index contributed by atoms with van der Waals surface area (Å²) in [6.07, 6.45) is 4.69. The molecule has 1 aromatic rings. The molecular weight excluding hydrogens is 300 g/mol. The predicted molar refractivity (Wildman–Crippen MR) is 83.9 cm³/mol. The van der Waals surface area contributed by atoms with Crippen LogP contribution in [-0.4, -0.2) is 36.2 Å². The van der Waals surface area contributed by atoms with E-state index in [-0.39, 0.29) is 10.5 Å². The highest BCUT2D eigenvalue weighted by Gasteiger charge is 2.52. The Bertz CT molecular complexity index is 675. The van der Waals surface area contributed by atoms with Crippen LogP contribution in [0.25, 0.3) is 0 Å². The van der Waals surface area contributed by atoms with Crippen LogP contribution < -0.4 is 4.74 Å². The average Bonchev–Trinajstić information content (AvgIpc) is 2.97. The quantitative estimate of drug-likeness (QED) is 0.925. The second-order valence-corrected chi connectivity index (χ2v) is 9.59. The van der Waals surface area contributed by atoms with Gasteiger partial charge in [-0.15, -0.1) is 0 Å². The first-order valence-corrected chi connectivity index (χ1v) is 9.77. The molecule has 1 aromatic carbocycles. The second kappa shape index (κ2) is 4.96. The molecule has 4 rings (SSSR count). The Labute approximate surface area is 131 Å². The fraction of sp³-hybridized carbons (Fsp3) is 0.647. The molecule has 2 fully saturated rings. The minimum Gasteiger partial charge on any atom is -0.493 e. The highest BCUT2D eigenvalue weighted by atomic mass is 32.2. The average molecular weight is 322 g/mol. The van der Waals surface area contributed by atoms with Gasteiger partial charge in [-0.05, 0) is 55.7 Å². The minimum absolute atomic E-state index is 0.315. The predicted octanol–water partition coefficient (Wildman–Crippen LogP) is 2.02. The SMILES string of the molecule is O=S1(=O)C2CCC1CC(O)(CCc1ccc3c(c1)CCO3)C2. The summed E-state index contributed by atoms with van der Waals surface area (Å²) in [5.74, 6) is 0.976. The molecule has 0 spiro atoms. The van der Waals surface area contributed by atoms with Gasteiger partial charge in [0, 0.05) is 6.42 Å². The van der Waals surface area contributed by atoms with E-state index in [0.29, 0.717) is 19.3 Å². The van der Waals surface area contributed by atoms with Gasteiger partial charge in [0.1, 0.15) is 5.75 Å². The van der Waals surface area contributed by atoms with E-state index < -0.39 is 15.4 Å². The van der Waals surface area contributed by atoms with E-state index in [4.69, 9.17) is 4.74 Å². The number of fused-ring (bicyclic) bond motifs is 3. The molecule has 0 amide bonds. The van der Waals surface area contributed by atoms with Crippen LogP contribution >= 0.6 is 0 Å². The maximum Gasteiger partial charge on any atom is 0.156 e. The Kier molecular flexibility index (Phi) is 3.28. The second-order valence-electron chi connectivity index (χ2n) is 7.08. The molecule has 5 heteroatoms. The third-order valence-electron chi connectivity index (χ3n) is 5.59. The van der Waals surface area contributed by atoms with Gasteiger partial charge in [-0.3, -0.25) is 0 Å². The van der Waals surface area contributed by atoms with Gasteiger partial charge in [-0.25, -0.2) is 8.42 Å². The number of aryl methyl sites for hydroxylation is 1. The lowest BCUT2D eigenvalue weighted by Crippen LogP contribution is -2.45. The number of sulfone groups is 1. The van der Waals surface area contributed by atoms with Crippen LogP contribution in [0, 0.1) is 0 Å². The summed E-state index contributed by atoms with van der Waals surface area (Å²) >= 11 is 0. The molecule has 120 valence electrons. The van der Waals surface area contributed by atoms with Crippen molar-refractivity contribution < 1.29 is 18.3 Å². The maximum atomic E-state index is 12.1. The van der Waals surface area contributed by atoms with Crippen molar-refractivity contribution in [3.63, 3.8) is 0 Å². The molecule has 3 heterocycles. The van der Waals surface area contributed by atoms with Crippen LogP contribution in [0.15, 0.2) is 18.2 Å². The summed E-state index contributed by atoms with van der Waals surface area (Å²) in [6.45, 7) is 0.754. The summed E-state index contributed by atoms with van der Waals surface area (Å²) in [6, 6.07) is 6.23. The van der Waals surface area contributed by atoms with Crippen molar-refractivity contribution >= 4 is 9.84 Å². The molecule has 0 saturated carbocycles. The van der Waals surface area contributed by atoms with E-state index in [1.54, 1.807) is 0 Å². The fourth-order valence-corrected chi connectivity index (χ4v) is 6.88. The van der Waals surface area contributed by atoms with Crippen molar-refractivity contribution in [1.82, 2.24) is 0 Å². The lowest BCUT2D eigenvalue weighted by Gasteiger charge is -2.36. The molecule has 0 aliphatic carbocycles. The molecule has 2 unspecified atom stereocenters. The fourth-order valence-electron chi connectivity index (χ4n) is 4.32. The summed E-state index contributed by atoms with van der Waals surface area (Å²) in [4.78, 5) is 0. The van der Waals surface area contributed by atoms with E-state index in [0.717, 1.165) is 38.0 Å². The largest absolute Gasteiger partial charge is 0.493 e. The number of hydrogen-bond donors (Lipinski definition) is 1. The van der Waals surface area contributed by atoms with E-state index >= 15 is 0 Å². The summed E-state index contributed by atoms with van der Waals surface area (Å²) < 4.78 is 29.8. The first kappa shape index (κ1) is 14.5. The number of aliphatic hydroxyl groups is 1. The van der Waals surface area contributed by atoms with Gasteiger partial charge in [0.05, 0.1) is 22.7 Å². The van der Waals surface area contributed by atoms with Crippen molar-refractivity contribution in [2.75, 3.05) is 6.61 Å². The van der Waals surface area contributed by atoms with Gasteiger partial charge in [0.15, 0.2) is 9.84 Å². The molecule has 22 heavy (non-hydrogen) atoms. The van der Waals surface area contributed by atoms with Gasteiger partial charge in [0.25, 0.3) is 0 Å². The molecule has 2 saturated heterocycles. The van der Waals surface area contributed by atoms with Gasteiger partial charge in [0.2, 0.25) is 0 Å². The van der Waals surface area contributed by atoms with Crippen LogP contribution in [0.2, 0.25) is 0 Å². The smallest absolute Gasteiger partial charge is 0.156 e. The summed E-state index contributed by atoms with van der Waals surface area (Å²) in [7, 11) is -2.97. The third kappa shape index (κ3) is 2.35. The van der Waals surface area contributed by atoms with Crippen molar-refractivity contribution in [1.29, 1.82) is 0 Å². The topological polar surface area (TPSA) is 63.6 Å². The highest BCUT2D eigenvalue weighted by Crippen LogP contribution is 2.44. The molecule has 2 atom stereocenters. The lowest BCUT2D eigenvalue weighted by atomic mass is 9.87. The number of benzene rings is 1. The van der Waals surface area contributed by atoms with Crippen molar-refractivity contribution in [3.05, 3.63) is 29.3 Å². The standard InChI is InChI=1S/C17H22O4S/c18-17(10-14-2-3-15(11-17)22(14,19)20)7-5-12-1-4-16-13(9-12)6-8-21-16/h1,4,9,14-15,18H,2-3,5-8,10-11H2. The highest BCUT2D eigenvalue weighted by molar-refractivity contribution is 7.93. The molecule has 1 N–H and O–H groups in total. The van der Waals surface area contributed by atoms with Gasteiger partial charge in [-0.2, -0.15) is 0 Å². The normalized spacial score (nSPS) is 35.1. The molecule has 0 radical (unpaired) electrons. The van der Waals surface area contributed by atoms with Crippen LogP contribution in [0.1, 0.15) is 43.2 Å². The summed E-state index contributed by atoms with van der Waals surface area (Å²) in [5.41, 5.74) is 1.64. The number of ether oxygens (including phenoxy) is 1. The monoisotopic (exact) mass is 322 g/mol. The zero-order chi connectivity index (χ0) is 15.4. The van der Waals surface area contributed by atoms with E-state index in [2.05, 4.69) is 12.1 Å². The Morgan fingerprint density at radius 1 is 1.23 bits per heavy atom. The zero-order valence-electron chi connectivity index (χ0n) is 12.6. The van der Waals surface area contributed by atoms with E-state index in [9.17, 15) is 13.5 Å². The van der Waals surface area contributed by atoms with Crippen LogP contribution in [0.4, 0.5) is 0 Å². The Morgan fingerprint density at radius 3 is 2.68 bits per heavy atom. The first-order valence-electron chi connectivity index (χ1n) is 8.16. The molecule has 2 bridgehead atoms. The molecule has 3 aliphatic heterocycles. The molecule has 0 aromatic heterocycles. The van der Waals surface area contributed by atoms with Crippen LogP contribution in [0.5, 0.6) is 5.75 Å². The summed E-state index contributed by atoms with van der Waals surface area (Å²) in [5, 5.41) is 10.2. The molecule has 3 aliphatic rings. The molecular formula is C17H22O4S. The van der Waals surface area contributed by atoms with E-state index in [1.165, 1.54) is 11.1 Å². The Hall–Kier alpha value is -1.07.